The van der Waals surface area contributed by atoms with Crippen LogP contribution in [0.4, 0.5) is 10.3 Å². The molecule has 1 aliphatic carbocycles. The molecule has 0 spiro atoms. The van der Waals surface area contributed by atoms with Crippen LogP contribution >= 0.6 is 0 Å². The van der Waals surface area contributed by atoms with Crippen molar-refractivity contribution < 1.29 is 13.9 Å². The third kappa shape index (κ3) is 4.88. The molecule has 1 aromatic heterocycles. The maximum absolute atomic E-state index is 13.8. The quantitative estimate of drug-likeness (QED) is 0.511. The predicted molar refractivity (Wildman–Crippen MR) is 128 cm³/mol. The summed E-state index contributed by atoms with van der Waals surface area (Å²) in [5.41, 5.74) is 2.83. The number of hydrogen-bond donors (Lipinski definition) is 0. The molecule has 2 heterocycles. The maximum Gasteiger partial charge on any atom is 0.229 e. The summed E-state index contributed by atoms with van der Waals surface area (Å²) < 4.78 is 19.9. The number of anilines is 1. The zero-order valence-corrected chi connectivity index (χ0v) is 19.4. The van der Waals surface area contributed by atoms with Crippen LogP contribution < -0.4 is 9.64 Å². The van der Waals surface area contributed by atoms with E-state index in [9.17, 15) is 9.18 Å². The Morgan fingerprint density at radius 3 is 2.68 bits per heavy atom. The van der Waals surface area contributed by atoms with Crippen molar-refractivity contribution in [2.75, 3.05) is 18.5 Å². The van der Waals surface area contributed by atoms with Crippen LogP contribution in [0.25, 0.3) is 0 Å². The molecule has 176 valence electrons. The van der Waals surface area contributed by atoms with E-state index < -0.39 is 0 Å². The predicted octanol–water partition coefficient (Wildman–Crippen LogP) is 5.12. The number of aromatic nitrogens is 2. The van der Waals surface area contributed by atoms with Crippen LogP contribution in [-0.4, -0.2) is 34.4 Å². The monoisotopic (exact) mass is 460 g/mol. The van der Waals surface area contributed by atoms with Gasteiger partial charge in [0.25, 0.3) is 0 Å². The zero-order chi connectivity index (χ0) is 23.5. The van der Waals surface area contributed by atoms with E-state index >= 15 is 0 Å². The molecule has 2 aliphatic rings. The van der Waals surface area contributed by atoms with Crippen LogP contribution in [0.5, 0.6) is 11.6 Å². The van der Waals surface area contributed by atoms with Crippen LogP contribution in [0.1, 0.15) is 42.5 Å². The average molecular weight is 461 g/mol. The first kappa shape index (κ1) is 22.3. The van der Waals surface area contributed by atoms with Crippen molar-refractivity contribution in [1.82, 2.24) is 14.9 Å². The lowest BCUT2D eigenvalue weighted by Gasteiger charge is -2.31. The number of amides is 1. The lowest BCUT2D eigenvalue weighted by molar-refractivity contribution is -0.136. The Labute approximate surface area is 199 Å². The minimum Gasteiger partial charge on any atom is -0.438 e. The van der Waals surface area contributed by atoms with Gasteiger partial charge in [-0.2, -0.15) is 4.98 Å². The molecule has 34 heavy (non-hydrogen) atoms. The fourth-order valence-corrected chi connectivity index (χ4v) is 4.82. The highest BCUT2D eigenvalue weighted by atomic mass is 19.1. The minimum absolute atomic E-state index is 0.117. The van der Waals surface area contributed by atoms with Gasteiger partial charge in [0, 0.05) is 38.5 Å². The lowest BCUT2D eigenvalue weighted by Crippen LogP contribution is -2.40. The van der Waals surface area contributed by atoms with Crippen LogP contribution in [0.2, 0.25) is 0 Å². The highest BCUT2D eigenvalue weighted by Crippen LogP contribution is 2.34. The number of ether oxygens (including phenoxy) is 1. The van der Waals surface area contributed by atoms with Gasteiger partial charge in [-0.1, -0.05) is 49.2 Å². The smallest absolute Gasteiger partial charge is 0.229 e. The van der Waals surface area contributed by atoms with Crippen molar-refractivity contribution in [2.24, 2.45) is 5.92 Å². The van der Waals surface area contributed by atoms with E-state index in [2.05, 4.69) is 12.1 Å². The molecule has 5 rings (SSSR count). The maximum atomic E-state index is 13.8. The van der Waals surface area contributed by atoms with Gasteiger partial charge in [0.05, 0.1) is 17.8 Å². The average Bonchev–Trinajstić information content (AvgIpc) is 3.39. The van der Waals surface area contributed by atoms with E-state index in [0.717, 1.165) is 42.5 Å². The molecule has 1 aliphatic heterocycles. The third-order valence-electron chi connectivity index (χ3n) is 6.64. The number of nitrogens with zero attached hydrogens (tertiary/aromatic N) is 4. The lowest BCUT2D eigenvalue weighted by atomic mass is 10.0. The largest absolute Gasteiger partial charge is 0.438 e. The second kappa shape index (κ2) is 9.79. The topological polar surface area (TPSA) is 58.6 Å². The van der Waals surface area contributed by atoms with Crippen molar-refractivity contribution in [3.63, 3.8) is 0 Å². The molecule has 1 fully saturated rings. The number of carbonyl (C=O) groups is 1. The molecule has 7 heteroatoms. The van der Waals surface area contributed by atoms with Crippen LogP contribution in [-0.2, 0) is 24.3 Å². The molecule has 0 bridgehead atoms. The van der Waals surface area contributed by atoms with Gasteiger partial charge in [0.1, 0.15) is 11.6 Å². The molecule has 3 aromatic rings. The van der Waals surface area contributed by atoms with Gasteiger partial charge in [-0.3, -0.25) is 4.79 Å². The molecular weight excluding hydrogens is 431 g/mol. The Morgan fingerprint density at radius 2 is 1.91 bits per heavy atom. The van der Waals surface area contributed by atoms with E-state index in [1.54, 1.807) is 12.1 Å². The number of hydrogen-bond acceptors (Lipinski definition) is 5. The van der Waals surface area contributed by atoms with Gasteiger partial charge in [0.2, 0.25) is 17.7 Å². The summed E-state index contributed by atoms with van der Waals surface area (Å²) in [7, 11) is 1.94. The molecule has 0 atom stereocenters. The first-order valence-corrected chi connectivity index (χ1v) is 11.9. The van der Waals surface area contributed by atoms with Crippen molar-refractivity contribution in [3.8, 4) is 11.6 Å². The highest BCUT2D eigenvalue weighted by molar-refractivity contribution is 5.79. The van der Waals surface area contributed by atoms with Crippen molar-refractivity contribution in [3.05, 3.63) is 77.2 Å². The molecule has 0 saturated heterocycles. The van der Waals surface area contributed by atoms with Gasteiger partial charge < -0.3 is 14.5 Å². The summed E-state index contributed by atoms with van der Waals surface area (Å²) in [5, 5.41) is 0. The summed E-state index contributed by atoms with van der Waals surface area (Å²) in [5.74, 6) is 1.26. The summed E-state index contributed by atoms with van der Waals surface area (Å²) in [6.07, 6.45) is 4.81. The van der Waals surface area contributed by atoms with Crippen molar-refractivity contribution in [1.29, 1.82) is 0 Å². The molecule has 1 saturated carbocycles. The van der Waals surface area contributed by atoms with Gasteiger partial charge >= 0.3 is 0 Å². The van der Waals surface area contributed by atoms with Crippen LogP contribution in [0.15, 0.2) is 54.6 Å². The highest BCUT2D eigenvalue weighted by Gasteiger charge is 2.32. The summed E-state index contributed by atoms with van der Waals surface area (Å²) in [6, 6.07) is 16.2. The van der Waals surface area contributed by atoms with E-state index in [4.69, 9.17) is 14.7 Å². The van der Waals surface area contributed by atoms with Crippen LogP contribution in [0, 0.1) is 11.7 Å². The Hall–Kier alpha value is -3.48. The first-order chi connectivity index (χ1) is 16.6. The van der Waals surface area contributed by atoms with E-state index in [0.29, 0.717) is 43.6 Å². The molecule has 1 amide bonds. The van der Waals surface area contributed by atoms with E-state index in [1.165, 1.54) is 12.1 Å². The second-order valence-electron chi connectivity index (χ2n) is 9.15. The number of rotatable bonds is 6. The standard InChI is InChI=1S/C27H29FN4O2/c1-31(17-19-8-3-2-4-9-19)27-29-24-14-15-32(26(33)20-10-5-6-11-20)18-23(24)25(30-27)34-22-13-7-12-21(28)16-22/h2-4,7-9,12-13,16,20H,5-6,10-11,14-15,17-18H2,1H3. The normalized spacial score (nSPS) is 15.8. The molecule has 0 radical (unpaired) electrons. The fraction of sp³-hybridized carbons (Fsp3) is 0.370. The van der Waals surface area contributed by atoms with Crippen LogP contribution in [0.3, 0.4) is 0 Å². The Morgan fingerprint density at radius 1 is 1.12 bits per heavy atom. The number of halogens is 1. The first-order valence-electron chi connectivity index (χ1n) is 11.9. The molecule has 0 N–H and O–H groups in total. The molecule has 2 aromatic carbocycles. The van der Waals surface area contributed by atoms with Gasteiger partial charge in [-0.15, -0.1) is 0 Å². The molecule has 0 unspecified atom stereocenters. The van der Waals surface area contributed by atoms with Crippen molar-refractivity contribution in [2.45, 2.75) is 45.2 Å². The zero-order valence-electron chi connectivity index (χ0n) is 19.4. The van der Waals surface area contributed by atoms with Gasteiger partial charge in [0.15, 0.2) is 0 Å². The Bertz CT molecular complexity index is 1160. The summed E-state index contributed by atoms with van der Waals surface area (Å²) in [4.78, 5) is 26.5. The van der Waals surface area contributed by atoms with E-state index in [-0.39, 0.29) is 17.6 Å². The fourth-order valence-electron chi connectivity index (χ4n) is 4.82. The number of carbonyl (C=O) groups excluding carboxylic acids is 1. The summed E-state index contributed by atoms with van der Waals surface area (Å²) >= 11 is 0. The third-order valence-corrected chi connectivity index (χ3v) is 6.64. The molecular formula is C27H29FN4O2. The SMILES string of the molecule is CN(Cc1ccccc1)c1nc2c(c(Oc3cccc(F)c3)n1)CN(C(=O)C1CCCC1)CC2. The van der Waals surface area contributed by atoms with Gasteiger partial charge in [-0.25, -0.2) is 9.37 Å². The Balaban J connectivity index is 1.46. The number of benzene rings is 2. The number of fused-ring (bicyclic) bond motifs is 1. The van der Waals surface area contributed by atoms with E-state index in [1.807, 2.05) is 35.0 Å². The van der Waals surface area contributed by atoms with Gasteiger partial charge in [-0.05, 0) is 30.5 Å². The summed E-state index contributed by atoms with van der Waals surface area (Å²) in [6.45, 7) is 1.70. The minimum atomic E-state index is -0.375. The Kier molecular flexibility index (Phi) is 6.43. The second-order valence-corrected chi connectivity index (χ2v) is 9.15. The van der Waals surface area contributed by atoms with Crippen molar-refractivity contribution >= 4 is 11.9 Å². The molecule has 6 nitrogen and oxygen atoms in total.